The fourth-order valence-corrected chi connectivity index (χ4v) is 14.3. The molecule has 11 aromatic carbocycles. The Hall–Kier alpha value is -7.89. The number of para-hydroxylation sites is 1. The van der Waals surface area contributed by atoms with Gasteiger partial charge in [-0.25, -0.2) is 0 Å². The first-order valence-electron chi connectivity index (χ1n) is 23.0. The average Bonchev–Trinajstić information content (AvgIpc) is 3.93. The maximum Gasteiger partial charge on any atom is 0.0735 e. The quantitative estimate of drug-likeness (QED) is 0.174. The molecule has 0 amide bonds. The van der Waals surface area contributed by atoms with Crippen molar-refractivity contribution in [3.8, 4) is 16.8 Å². The zero-order chi connectivity index (χ0) is 43.8. The molecule has 0 unspecified atom stereocenters. The molecule has 0 radical (unpaired) electrons. The van der Waals surface area contributed by atoms with E-state index in [0.717, 1.165) is 17.1 Å². The summed E-state index contributed by atoms with van der Waals surface area (Å²) in [6.07, 6.45) is 0. The highest BCUT2D eigenvalue weighted by atomic mass is 32.2. The predicted octanol–water partition coefficient (Wildman–Crippen LogP) is 17.8. The van der Waals surface area contributed by atoms with Gasteiger partial charge in [0.05, 0.1) is 27.8 Å². The summed E-state index contributed by atoms with van der Waals surface area (Å²) in [6.45, 7) is 0. The van der Waals surface area contributed by atoms with E-state index in [9.17, 15) is 0 Å². The molecule has 0 saturated heterocycles. The molecule has 4 heteroatoms. The number of aromatic nitrogens is 1. The van der Waals surface area contributed by atoms with Crippen molar-refractivity contribution in [3.63, 3.8) is 0 Å². The molecule has 312 valence electrons. The minimum atomic E-state index is -0.515. The Bertz CT molecular complexity index is 4180. The van der Waals surface area contributed by atoms with Crippen molar-refractivity contribution < 1.29 is 0 Å². The van der Waals surface area contributed by atoms with Gasteiger partial charge in [0.2, 0.25) is 0 Å². The minimum absolute atomic E-state index is 0.515. The number of fused-ring (bicyclic) bond motifs is 15. The van der Waals surface area contributed by atoms with E-state index in [0.29, 0.717) is 0 Å². The zero-order valence-corrected chi connectivity index (χ0v) is 37.8. The van der Waals surface area contributed by atoms with E-state index >= 15 is 0 Å². The molecule has 1 aliphatic carbocycles. The summed E-state index contributed by atoms with van der Waals surface area (Å²) in [6, 6.07) is 86.6. The second-order valence-corrected chi connectivity index (χ2v) is 20.1. The SMILES string of the molecule is c1ccc2c(c1)Sc1ccccc1C21c2ccccc2-c2ccc(N(c3ccc4c(c3)sc3ccccc34)c3ccc4c5ccccc5n(-c5cccc6ccccc56)c4c3)c3cccc1c23. The molecule has 3 heterocycles. The number of hydrogen-bond acceptors (Lipinski definition) is 3. The Morgan fingerprint density at radius 2 is 0.970 bits per heavy atom. The van der Waals surface area contributed by atoms with Crippen LogP contribution in [0.3, 0.4) is 0 Å². The van der Waals surface area contributed by atoms with Crippen molar-refractivity contribution in [2.24, 2.45) is 0 Å². The summed E-state index contributed by atoms with van der Waals surface area (Å²) < 4.78 is 5.07. The van der Waals surface area contributed by atoms with Crippen LogP contribution < -0.4 is 4.90 Å². The molecular formula is C63H38N2S2. The molecule has 0 N–H and O–H groups in total. The van der Waals surface area contributed by atoms with Gasteiger partial charge in [-0.1, -0.05) is 182 Å². The van der Waals surface area contributed by atoms with Crippen molar-refractivity contribution in [1.29, 1.82) is 0 Å². The summed E-state index contributed by atoms with van der Waals surface area (Å²) >= 11 is 3.77. The van der Waals surface area contributed by atoms with Gasteiger partial charge in [-0.05, 0) is 105 Å². The summed E-state index contributed by atoms with van der Waals surface area (Å²) in [7, 11) is 0. The van der Waals surface area contributed by atoms with Gasteiger partial charge in [-0.15, -0.1) is 11.3 Å². The Morgan fingerprint density at radius 1 is 0.373 bits per heavy atom. The van der Waals surface area contributed by atoms with Crippen molar-refractivity contribution >= 4 is 104 Å². The molecule has 15 rings (SSSR count). The third-order valence-corrected chi connectivity index (χ3v) is 16.9. The highest BCUT2D eigenvalue weighted by Crippen LogP contribution is 2.62. The first kappa shape index (κ1) is 37.3. The molecule has 13 aromatic rings. The van der Waals surface area contributed by atoms with Gasteiger partial charge in [0.1, 0.15) is 0 Å². The van der Waals surface area contributed by atoms with Crippen LogP contribution in [0.25, 0.3) is 80.3 Å². The van der Waals surface area contributed by atoms with Gasteiger partial charge in [-0.2, -0.15) is 0 Å². The van der Waals surface area contributed by atoms with Crippen molar-refractivity contribution in [1.82, 2.24) is 4.57 Å². The molecule has 0 bridgehead atoms. The van der Waals surface area contributed by atoms with Crippen molar-refractivity contribution in [3.05, 3.63) is 253 Å². The Balaban J connectivity index is 1.05. The van der Waals surface area contributed by atoms with Crippen LogP contribution in [0.4, 0.5) is 17.1 Å². The topological polar surface area (TPSA) is 8.17 Å². The van der Waals surface area contributed by atoms with E-state index in [4.69, 9.17) is 0 Å². The summed E-state index contributed by atoms with van der Waals surface area (Å²) in [5.74, 6) is 0. The normalized spacial score (nSPS) is 13.4. The predicted molar refractivity (Wildman–Crippen MR) is 285 cm³/mol. The van der Waals surface area contributed by atoms with Crippen LogP contribution in [-0.4, -0.2) is 4.57 Å². The summed E-state index contributed by atoms with van der Waals surface area (Å²) in [5, 5.41) is 10.1. The van der Waals surface area contributed by atoms with Gasteiger partial charge in [0.15, 0.2) is 0 Å². The smallest absolute Gasteiger partial charge is 0.0735 e. The van der Waals surface area contributed by atoms with Gasteiger partial charge in [0.25, 0.3) is 0 Å². The third kappa shape index (κ3) is 5.12. The number of rotatable bonds is 4. The van der Waals surface area contributed by atoms with Gasteiger partial charge in [-0.3, -0.25) is 0 Å². The van der Waals surface area contributed by atoms with Crippen LogP contribution in [0.15, 0.2) is 240 Å². The van der Waals surface area contributed by atoms with Crippen LogP contribution in [0, 0.1) is 0 Å². The number of anilines is 3. The second kappa shape index (κ2) is 14.1. The monoisotopic (exact) mass is 886 g/mol. The van der Waals surface area contributed by atoms with E-state index in [1.165, 1.54) is 112 Å². The molecule has 2 nitrogen and oxygen atoms in total. The first-order chi connectivity index (χ1) is 33.2. The Labute approximate surface area is 395 Å². The highest BCUT2D eigenvalue weighted by Gasteiger charge is 2.48. The molecule has 67 heavy (non-hydrogen) atoms. The van der Waals surface area contributed by atoms with Crippen LogP contribution in [0.2, 0.25) is 0 Å². The fourth-order valence-electron chi connectivity index (χ4n) is 11.9. The van der Waals surface area contributed by atoms with E-state index < -0.39 is 5.41 Å². The first-order valence-corrected chi connectivity index (χ1v) is 24.6. The van der Waals surface area contributed by atoms with Crippen molar-refractivity contribution in [2.45, 2.75) is 15.2 Å². The lowest BCUT2D eigenvalue weighted by Crippen LogP contribution is -2.36. The van der Waals surface area contributed by atoms with E-state index in [2.05, 4.69) is 240 Å². The molecule has 2 aromatic heterocycles. The highest BCUT2D eigenvalue weighted by molar-refractivity contribution is 7.99. The van der Waals surface area contributed by atoms with Crippen LogP contribution >= 0.6 is 23.1 Å². The second-order valence-electron chi connectivity index (χ2n) is 17.9. The lowest BCUT2D eigenvalue weighted by Gasteiger charge is -2.46. The number of hydrogen-bond donors (Lipinski definition) is 0. The largest absolute Gasteiger partial charge is 0.310 e. The number of nitrogens with zero attached hydrogens (tertiary/aromatic N) is 2. The molecule has 1 aliphatic heterocycles. The van der Waals surface area contributed by atoms with Crippen LogP contribution in [0.5, 0.6) is 0 Å². The summed E-state index contributed by atoms with van der Waals surface area (Å²) in [4.78, 5) is 5.14. The van der Waals surface area contributed by atoms with E-state index in [1.807, 2.05) is 23.1 Å². The average molecular weight is 887 g/mol. The molecule has 1 spiro atoms. The molecule has 0 fully saturated rings. The lowest BCUT2D eigenvalue weighted by molar-refractivity contribution is 0.707. The van der Waals surface area contributed by atoms with E-state index in [-0.39, 0.29) is 0 Å². The number of benzene rings is 11. The van der Waals surface area contributed by atoms with Crippen LogP contribution in [-0.2, 0) is 5.41 Å². The minimum Gasteiger partial charge on any atom is -0.310 e. The summed E-state index contributed by atoms with van der Waals surface area (Å²) in [5.41, 5.74) is 14.3. The maximum absolute atomic E-state index is 2.53. The van der Waals surface area contributed by atoms with Gasteiger partial charge in [0, 0.05) is 62.9 Å². The Morgan fingerprint density at radius 3 is 1.82 bits per heavy atom. The van der Waals surface area contributed by atoms with Crippen molar-refractivity contribution in [2.75, 3.05) is 4.90 Å². The molecule has 2 aliphatic rings. The molecule has 0 saturated carbocycles. The van der Waals surface area contributed by atoms with E-state index in [1.54, 1.807) is 0 Å². The number of thiophene rings is 1. The Kier molecular flexibility index (Phi) is 7.84. The lowest BCUT2D eigenvalue weighted by atomic mass is 9.59. The third-order valence-electron chi connectivity index (χ3n) is 14.6. The maximum atomic E-state index is 2.53. The van der Waals surface area contributed by atoms with Gasteiger partial charge < -0.3 is 9.47 Å². The molecule has 0 atom stereocenters. The standard InChI is InChI=1S/C63H38N2S2/c1-2-17-42-39(15-1)16-13-27-54(42)65-55-26-9-4-19-44(55)45-33-31-40(37-57(45)65)64(41-32-34-47-46-20-5-10-28-58(46)66-61(47)38-41)56-36-35-48-43-18-3-6-22-50(43)63(53-25-14-21-49(56)62(48)53)51-23-7-11-29-59(51)67-60-30-12-8-24-52(60)63/h1-38H. The molecular weight excluding hydrogens is 849 g/mol. The van der Waals surface area contributed by atoms with Crippen LogP contribution in [0.1, 0.15) is 22.3 Å². The fraction of sp³-hybridized carbons (Fsp3) is 0.0159. The zero-order valence-electron chi connectivity index (χ0n) is 36.2. The van der Waals surface area contributed by atoms with Gasteiger partial charge >= 0.3 is 0 Å².